The average molecular weight is 399 g/mol. The predicted octanol–water partition coefficient (Wildman–Crippen LogP) is 3.53. The third-order valence-electron chi connectivity index (χ3n) is 3.09. The molecule has 9 heteroatoms. The third-order valence-corrected chi connectivity index (χ3v) is 3.87. The molecule has 23 heavy (non-hydrogen) atoms. The Morgan fingerprint density at radius 3 is 3.00 bits per heavy atom. The average Bonchev–Trinajstić information content (AvgIpc) is 3.18. The van der Waals surface area contributed by atoms with Crippen molar-refractivity contribution in [2.45, 2.75) is 25.9 Å². The second-order valence-corrected chi connectivity index (χ2v) is 6.14. The molecule has 0 aliphatic heterocycles. The summed E-state index contributed by atoms with van der Waals surface area (Å²) in [5.41, 5.74) is 0. The van der Waals surface area contributed by atoms with Gasteiger partial charge in [-0.3, -0.25) is 5.10 Å². The van der Waals surface area contributed by atoms with Crippen LogP contribution in [0.5, 0.6) is 5.75 Å². The molecule has 0 saturated heterocycles. The van der Waals surface area contributed by atoms with E-state index in [1.807, 2.05) is 13.0 Å². The summed E-state index contributed by atoms with van der Waals surface area (Å²) in [6, 6.07) is 5.41. The van der Waals surface area contributed by atoms with E-state index < -0.39 is 0 Å². The molecule has 0 aliphatic rings. The van der Waals surface area contributed by atoms with Gasteiger partial charge in [-0.1, -0.05) is 32.7 Å². The van der Waals surface area contributed by atoms with E-state index in [9.17, 15) is 0 Å². The lowest BCUT2D eigenvalue weighted by molar-refractivity contribution is 0.211. The first-order valence-electron chi connectivity index (χ1n) is 6.90. The maximum Gasteiger partial charge on any atom is 0.227 e. The van der Waals surface area contributed by atoms with Gasteiger partial charge < -0.3 is 9.26 Å². The van der Waals surface area contributed by atoms with E-state index in [2.05, 4.69) is 41.3 Å². The van der Waals surface area contributed by atoms with Gasteiger partial charge in [-0.15, -0.1) is 0 Å². The molecule has 0 aliphatic carbocycles. The lowest BCUT2D eigenvalue weighted by atomic mass is 10.3. The molecule has 0 radical (unpaired) electrons. The van der Waals surface area contributed by atoms with Crippen molar-refractivity contribution in [2.24, 2.45) is 0 Å². The molecular formula is C14H13BrClN5O2. The van der Waals surface area contributed by atoms with Crippen LogP contribution in [0, 0.1) is 0 Å². The Morgan fingerprint density at radius 2 is 2.26 bits per heavy atom. The van der Waals surface area contributed by atoms with Crippen LogP contribution >= 0.6 is 27.5 Å². The highest BCUT2D eigenvalue weighted by Crippen LogP contribution is 2.30. The van der Waals surface area contributed by atoms with Crippen LogP contribution in [-0.2, 0) is 12.8 Å². The second kappa shape index (κ2) is 7.10. The zero-order chi connectivity index (χ0) is 16.2. The SMILES string of the molecule is CC(Oc1ccc(Br)cc1Cl)c1noc(CCc2ncn[nH]2)n1. The number of benzene rings is 1. The van der Waals surface area contributed by atoms with Gasteiger partial charge in [-0.2, -0.15) is 10.1 Å². The molecule has 0 bridgehead atoms. The number of hydrogen-bond acceptors (Lipinski definition) is 6. The van der Waals surface area contributed by atoms with Crippen molar-refractivity contribution in [2.75, 3.05) is 0 Å². The molecule has 0 fully saturated rings. The van der Waals surface area contributed by atoms with Crippen LogP contribution in [0.3, 0.4) is 0 Å². The second-order valence-electron chi connectivity index (χ2n) is 4.81. The van der Waals surface area contributed by atoms with E-state index in [-0.39, 0.29) is 6.10 Å². The minimum absolute atomic E-state index is 0.378. The number of hydrogen-bond donors (Lipinski definition) is 1. The number of ether oxygens (including phenoxy) is 1. The molecular weight excluding hydrogens is 386 g/mol. The summed E-state index contributed by atoms with van der Waals surface area (Å²) in [5.74, 6) is 2.33. The van der Waals surface area contributed by atoms with E-state index in [4.69, 9.17) is 20.9 Å². The van der Waals surface area contributed by atoms with Crippen LogP contribution in [0.2, 0.25) is 5.02 Å². The lowest BCUT2D eigenvalue weighted by Crippen LogP contribution is -2.05. The highest BCUT2D eigenvalue weighted by atomic mass is 79.9. The number of H-pyrrole nitrogens is 1. The minimum atomic E-state index is -0.378. The highest BCUT2D eigenvalue weighted by molar-refractivity contribution is 9.10. The van der Waals surface area contributed by atoms with Crippen molar-refractivity contribution < 1.29 is 9.26 Å². The summed E-state index contributed by atoms with van der Waals surface area (Å²) in [6.45, 7) is 1.84. The van der Waals surface area contributed by atoms with Gasteiger partial charge in [0.1, 0.15) is 17.9 Å². The zero-order valence-corrected chi connectivity index (χ0v) is 14.5. The van der Waals surface area contributed by atoms with Gasteiger partial charge in [0.25, 0.3) is 0 Å². The van der Waals surface area contributed by atoms with Crippen LogP contribution < -0.4 is 4.74 Å². The van der Waals surface area contributed by atoms with Crippen molar-refractivity contribution in [1.29, 1.82) is 0 Å². The van der Waals surface area contributed by atoms with Gasteiger partial charge in [-0.25, -0.2) is 4.98 Å². The first-order valence-corrected chi connectivity index (χ1v) is 8.07. The Morgan fingerprint density at radius 1 is 1.39 bits per heavy atom. The maximum atomic E-state index is 6.14. The van der Waals surface area contributed by atoms with E-state index in [0.29, 0.717) is 35.3 Å². The number of aromatic nitrogens is 5. The summed E-state index contributed by atoms with van der Waals surface area (Å²) in [5, 5.41) is 11.0. The molecule has 2 heterocycles. The molecule has 3 aromatic rings. The fourth-order valence-electron chi connectivity index (χ4n) is 1.93. The first kappa shape index (κ1) is 15.9. The van der Waals surface area contributed by atoms with Crippen LogP contribution in [0.1, 0.15) is 30.6 Å². The van der Waals surface area contributed by atoms with Gasteiger partial charge in [0.15, 0.2) is 6.10 Å². The molecule has 0 spiro atoms. The number of aromatic amines is 1. The van der Waals surface area contributed by atoms with Crippen molar-refractivity contribution in [3.8, 4) is 5.75 Å². The molecule has 1 unspecified atom stereocenters. The van der Waals surface area contributed by atoms with Crippen LogP contribution in [0.15, 0.2) is 33.5 Å². The van der Waals surface area contributed by atoms with Gasteiger partial charge >= 0.3 is 0 Å². The molecule has 0 saturated carbocycles. The van der Waals surface area contributed by atoms with Crippen molar-refractivity contribution in [3.63, 3.8) is 0 Å². The molecule has 2 aromatic heterocycles. The molecule has 1 N–H and O–H groups in total. The van der Waals surface area contributed by atoms with Gasteiger partial charge in [0, 0.05) is 17.3 Å². The monoisotopic (exact) mass is 397 g/mol. The van der Waals surface area contributed by atoms with Crippen LogP contribution in [-0.4, -0.2) is 25.3 Å². The molecule has 1 aromatic carbocycles. The number of aryl methyl sites for hydroxylation is 2. The van der Waals surface area contributed by atoms with E-state index in [0.717, 1.165) is 10.3 Å². The van der Waals surface area contributed by atoms with Gasteiger partial charge in [0.05, 0.1) is 5.02 Å². The summed E-state index contributed by atoms with van der Waals surface area (Å²) in [7, 11) is 0. The van der Waals surface area contributed by atoms with Crippen LogP contribution in [0.4, 0.5) is 0 Å². The number of nitrogens with zero attached hydrogens (tertiary/aromatic N) is 4. The van der Waals surface area contributed by atoms with E-state index in [1.54, 1.807) is 12.1 Å². The largest absolute Gasteiger partial charge is 0.481 e. The summed E-state index contributed by atoms with van der Waals surface area (Å²) in [4.78, 5) is 8.38. The topological polar surface area (TPSA) is 89.7 Å². The maximum absolute atomic E-state index is 6.14. The molecule has 120 valence electrons. The number of nitrogens with one attached hydrogen (secondary N) is 1. The van der Waals surface area contributed by atoms with E-state index in [1.165, 1.54) is 6.33 Å². The molecule has 1 atom stereocenters. The fourth-order valence-corrected chi connectivity index (χ4v) is 2.64. The molecule has 3 rings (SSSR count). The fraction of sp³-hybridized carbons (Fsp3) is 0.286. The van der Waals surface area contributed by atoms with Crippen LogP contribution in [0.25, 0.3) is 0 Å². The minimum Gasteiger partial charge on any atom is -0.481 e. The summed E-state index contributed by atoms with van der Waals surface area (Å²) in [6.07, 6.45) is 2.31. The van der Waals surface area contributed by atoms with Gasteiger partial charge in [-0.05, 0) is 25.1 Å². The smallest absolute Gasteiger partial charge is 0.227 e. The summed E-state index contributed by atoms with van der Waals surface area (Å²) >= 11 is 9.49. The first-order chi connectivity index (χ1) is 11.1. The summed E-state index contributed by atoms with van der Waals surface area (Å²) < 4.78 is 11.9. The Bertz CT molecular complexity index is 777. The molecule has 0 amide bonds. The Hall–Kier alpha value is -1.93. The van der Waals surface area contributed by atoms with Crippen molar-refractivity contribution >= 4 is 27.5 Å². The van der Waals surface area contributed by atoms with Crippen molar-refractivity contribution in [1.82, 2.24) is 25.3 Å². The van der Waals surface area contributed by atoms with Gasteiger partial charge in [0.2, 0.25) is 11.7 Å². The molecule has 7 nitrogen and oxygen atoms in total. The number of rotatable bonds is 6. The predicted molar refractivity (Wildman–Crippen MR) is 86.3 cm³/mol. The third kappa shape index (κ3) is 4.08. The van der Waals surface area contributed by atoms with Crippen molar-refractivity contribution in [3.05, 3.63) is 51.6 Å². The lowest BCUT2D eigenvalue weighted by Gasteiger charge is -2.12. The zero-order valence-electron chi connectivity index (χ0n) is 12.2. The van der Waals surface area contributed by atoms with E-state index >= 15 is 0 Å². The quantitative estimate of drug-likeness (QED) is 0.683. The standard InChI is InChI=1S/C14H13BrClN5O2/c1-8(22-11-3-2-9(15)6-10(11)16)14-19-13(23-21-14)5-4-12-17-7-18-20-12/h2-3,6-8H,4-5H2,1H3,(H,17,18,20). The Balaban J connectivity index is 1.62. The Labute approximate surface area is 145 Å². The highest BCUT2D eigenvalue weighted by Gasteiger charge is 2.17. The Kier molecular flexibility index (Phi) is 4.92. The number of halogens is 2. The normalized spacial score (nSPS) is 12.3.